The first-order chi connectivity index (χ1) is 15.9. The van der Waals surface area contributed by atoms with Gasteiger partial charge in [0.1, 0.15) is 5.82 Å². The summed E-state index contributed by atoms with van der Waals surface area (Å²) in [5.74, 6) is 1.04. The van der Waals surface area contributed by atoms with E-state index in [-0.39, 0.29) is 17.5 Å². The van der Waals surface area contributed by atoms with E-state index in [1.807, 2.05) is 13.8 Å². The Kier molecular flexibility index (Phi) is 9.22. The monoisotopic (exact) mass is 473 g/mol. The maximum Gasteiger partial charge on any atom is 0.240 e. The van der Waals surface area contributed by atoms with Crippen LogP contribution in [-0.4, -0.2) is 42.7 Å². The summed E-state index contributed by atoms with van der Waals surface area (Å²) >= 11 is 0. The van der Waals surface area contributed by atoms with Crippen molar-refractivity contribution >= 4 is 27.5 Å². The molecular weight excluding hydrogens is 438 g/mol. The van der Waals surface area contributed by atoms with E-state index in [1.165, 1.54) is 24.8 Å². The van der Waals surface area contributed by atoms with Crippen molar-refractivity contribution in [2.75, 3.05) is 23.8 Å². The molecule has 2 aromatic rings. The summed E-state index contributed by atoms with van der Waals surface area (Å²) in [7, 11) is -3.56. The van der Waals surface area contributed by atoms with E-state index in [4.69, 9.17) is 0 Å². The Balaban J connectivity index is 1.58. The lowest BCUT2D eigenvalue weighted by Crippen LogP contribution is -2.24. The van der Waals surface area contributed by atoms with Crippen LogP contribution in [0.25, 0.3) is 0 Å². The first-order valence-corrected chi connectivity index (χ1v) is 13.1. The van der Waals surface area contributed by atoms with Gasteiger partial charge in [-0.3, -0.25) is 0 Å². The summed E-state index contributed by atoms with van der Waals surface area (Å²) in [4.78, 5) is 9.00. The molecule has 33 heavy (non-hydrogen) atoms. The first kappa shape index (κ1) is 25.1. The topological polar surface area (TPSA) is 116 Å². The Morgan fingerprint density at radius 3 is 2.55 bits per heavy atom. The highest BCUT2D eigenvalue weighted by Crippen LogP contribution is 2.23. The second-order valence-corrected chi connectivity index (χ2v) is 10.2. The molecule has 1 fully saturated rings. The van der Waals surface area contributed by atoms with Crippen LogP contribution >= 0.6 is 0 Å². The minimum absolute atomic E-state index is 0.0180. The van der Waals surface area contributed by atoms with Crippen LogP contribution in [0.3, 0.4) is 0 Å². The molecule has 0 aliphatic heterocycles. The molecule has 3 rings (SSSR count). The Bertz CT molecular complexity index is 1030. The maximum atomic E-state index is 12.6. The fourth-order valence-corrected chi connectivity index (χ4v) is 4.78. The van der Waals surface area contributed by atoms with Crippen molar-refractivity contribution in [1.82, 2.24) is 14.7 Å². The van der Waals surface area contributed by atoms with Crippen molar-refractivity contribution in [2.24, 2.45) is 0 Å². The van der Waals surface area contributed by atoms with Gasteiger partial charge in [0.25, 0.3) is 0 Å². The number of rotatable bonds is 11. The van der Waals surface area contributed by atoms with Gasteiger partial charge in [0.15, 0.2) is 0 Å². The third-order valence-corrected chi connectivity index (χ3v) is 7.29. The van der Waals surface area contributed by atoms with Gasteiger partial charge in [-0.1, -0.05) is 25.0 Å². The molecule has 8 nitrogen and oxygen atoms in total. The quantitative estimate of drug-likeness (QED) is 0.284. The second-order valence-electron chi connectivity index (χ2n) is 8.42. The van der Waals surface area contributed by atoms with E-state index in [1.54, 1.807) is 30.5 Å². The largest absolute Gasteiger partial charge is 0.394 e. The molecule has 1 aromatic carbocycles. The van der Waals surface area contributed by atoms with E-state index >= 15 is 0 Å². The molecule has 0 radical (unpaired) electrons. The number of aryl methyl sites for hydroxylation is 1. The van der Waals surface area contributed by atoms with Crippen molar-refractivity contribution in [3.63, 3.8) is 0 Å². The molecule has 1 heterocycles. The van der Waals surface area contributed by atoms with Gasteiger partial charge in [-0.2, -0.15) is 4.98 Å². The van der Waals surface area contributed by atoms with Crippen LogP contribution < -0.4 is 15.4 Å². The van der Waals surface area contributed by atoms with Crippen LogP contribution in [0.15, 0.2) is 47.0 Å². The number of hydrogen-bond acceptors (Lipinski definition) is 7. The molecule has 0 amide bonds. The highest BCUT2D eigenvalue weighted by atomic mass is 32.2. The van der Waals surface area contributed by atoms with Crippen molar-refractivity contribution in [1.29, 1.82) is 0 Å². The zero-order valence-corrected chi connectivity index (χ0v) is 20.3. The first-order valence-electron chi connectivity index (χ1n) is 11.7. The molecule has 1 aromatic heterocycles. The zero-order valence-electron chi connectivity index (χ0n) is 19.5. The van der Waals surface area contributed by atoms with E-state index in [9.17, 15) is 13.5 Å². The minimum atomic E-state index is -3.56. The molecule has 0 bridgehead atoms. The van der Waals surface area contributed by atoms with Gasteiger partial charge >= 0.3 is 0 Å². The molecule has 9 heteroatoms. The van der Waals surface area contributed by atoms with Gasteiger partial charge in [-0.25, -0.2) is 18.1 Å². The standard InChI is InChI=1S/C24H35N5O3S/c1-3-20(17-30)27-23-18(2)16-25-24(29-23)28-21-11-13-22(14-12-21)33(31,32)26-15-7-10-19-8-5-4-6-9-19/h10-14,16,20,26,30H,3-9,15,17H2,1-2H3,(H2,25,27,28,29)/t20-/m1/s1. The Morgan fingerprint density at radius 1 is 1.15 bits per heavy atom. The van der Waals surface area contributed by atoms with Gasteiger partial charge in [-0.05, 0) is 69.7 Å². The number of anilines is 3. The molecular formula is C24H35N5O3S. The van der Waals surface area contributed by atoms with Crippen LogP contribution in [0.1, 0.15) is 57.4 Å². The summed E-state index contributed by atoms with van der Waals surface area (Å²) in [6, 6.07) is 6.43. The second kappa shape index (κ2) is 12.1. The molecule has 1 saturated carbocycles. The Hall–Kier alpha value is -2.49. The van der Waals surface area contributed by atoms with Crippen LogP contribution in [0.5, 0.6) is 0 Å². The molecule has 0 unspecified atom stereocenters. The normalized spacial score (nSPS) is 15.2. The van der Waals surface area contributed by atoms with Gasteiger partial charge in [-0.15, -0.1) is 0 Å². The van der Waals surface area contributed by atoms with Crippen LogP contribution in [0.2, 0.25) is 0 Å². The predicted molar refractivity (Wildman–Crippen MR) is 132 cm³/mol. The number of hydrogen-bond donors (Lipinski definition) is 4. The number of nitrogens with zero attached hydrogens (tertiary/aromatic N) is 2. The van der Waals surface area contributed by atoms with Crippen molar-refractivity contribution in [2.45, 2.75) is 69.7 Å². The average molecular weight is 474 g/mol. The summed E-state index contributed by atoms with van der Waals surface area (Å²) in [6.45, 7) is 4.30. The van der Waals surface area contributed by atoms with Gasteiger partial charge in [0.05, 0.1) is 17.5 Å². The Morgan fingerprint density at radius 2 is 1.88 bits per heavy atom. The Labute approximate surface area is 197 Å². The van der Waals surface area contributed by atoms with Crippen LogP contribution in [0.4, 0.5) is 17.5 Å². The lowest BCUT2D eigenvalue weighted by atomic mass is 9.94. The number of nitrogens with one attached hydrogen (secondary N) is 3. The molecule has 1 aliphatic rings. The average Bonchev–Trinajstić information content (AvgIpc) is 2.83. The SMILES string of the molecule is CC[C@H](CO)Nc1nc(Nc2ccc(S(=O)(=O)NCCC=C3CCCCC3)cc2)ncc1C. The summed E-state index contributed by atoms with van der Waals surface area (Å²) < 4.78 is 27.9. The van der Waals surface area contributed by atoms with E-state index in [0.717, 1.165) is 24.8 Å². The van der Waals surface area contributed by atoms with E-state index in [2.05, 4.69) is 31.4 Å². The predicted octanol–water partition coefficient (Wildman–Crippen LogP) is 4.27. The van der Waals surface area contributed by atoms with Crippen molar-refractivity contribution in [3.05, 3.63) is 47.7 Å². The number of aromatic nitrogens is 2. The fraction of sp³-hybridized carbons (Fsp3) is 0.500. The molecule has 0 saturated heterocycles. The maximum absolute atomic E-state index is 12.6. The molecule has 4 N–H and O–H groups in total. The number of aliphatic hydroxyl groups is 1. The molecule has 1 aliphatic carbocycles. The summed E-state index contributed by atoms with van der Waals surface area (Å²) in [5.41, 5.74) is 3.01. The zero-order chi connectivity index (χ0) is 23.7. The van der Waals surface area contributed by atoms with E-state index in [0.29, 0.717) is 30.4 Å². The summed E-state index contributed by atoms with van der Waals surface area (Å²) in [5, 5.41) is 15.7. The van der Waals surface area contributed by atoms with Gasteiger partial charge in [0, 0.05) is 24.0 Å². The minimum Gasteiger partial charge on any atom is -0.394 e. The van der Waals surface area contributed by atoms with Crippen molar-refractivity contribution < 1.29 is 13.5 Å². The highest BCUT2D eigenvalue weighted by molar-refractivity contribution is 7.89. The third-order valence-electron chi connectivity index (χ3n) is 5.81. The van der Waals surface area contributed by atoms with Gasteiger partial charge < -0.3 is 15.7 Å². The number of allylic oxidation sites excluding steroid dienone is 1. The lowest BCUT2D eigenvalue weighted by Gasteiger charge is -2.17. The number of benzene rings is 1. The fourth-order valence-electron chi connectivity index (χ4n) is 3.73. The smallest absolute Gasteiger partial charge is 0.240 e. The molecule has 0 spiro atoms. The van der Waals surface area contributed by atoms with Gasteiger partial charge in [0.2, 0.25) is 16.0 Å². The lowest BCUT2D eigenvalue weighted by molar-refractivity contribution is 0.271. The van der Waals surface area contributed by atoms with E-state index < -0.39 is 10.0 Å². The van der Waals surface area contributed by atoms with Crippen LogP contribution in [0, 0.1) is 6.92 Å². The highest BCUT2D eigenvalue weighted by Gasteiger charge is 2.14. The van der Waals surface area contributed by atoms with Crippen molar-refractivity contribution in [3.8, 4) is 0 Å². The van der Waals surface area contributed by atoms with Crippen LogP contribution in [-0.2, 0) is 10.0 Å². The molecule has 180 valence electrons. The molecule has 1 atom stereocenters. The summed E-state index contributed by atoms with van der Waals surface area (Å²) in [6.07, 6.45) is 11.4. The number of aliphatic hydroxyl groups excluding tert-OH is 1. The number of sulfonamides is 1. The third kappa shape index (κ3) is 7.52.